The average Bonchev–Trinajstić information content (AvgIpc) is 2.47. The Labute approximate surface area is 114 Å². The van der Waals surface area contributed by atoms with Crippen molar-refractivity contribution in [1.82, 2.24) is 4.90 Å². The summed E-state index contributed by atoms with van der Waals surface area (Å²) in [7, 11) is 1.62. The number of nitrogens with zero attached hydrogens (tertiary/aromatic N) is 1. The minimum absolute atomic E-state index is 0.114. The Morgan fingerprint density at radius 2 is 2.26 bits per heavy atom. The first kappa shape index (κ1) is 13.9. The number of amides is 1. The van der Waals surface area contributed by atoms with Gasteiger partial charge in [0.2, 0.25) is 5.91 Å². The minimum atomic E-state index is 0.114. The lowest BCUT2D eigenvalue weighted by Gasteiger charge is -2.32. The lowest BCUT2D eigenvalue weighted by atomic mass is 9.98. The lowest BCUT2D eigenvalue weighted by molar-refractivity contribution is -0.132. The minimum Gasteiger partial charge on any atom is -0.496 e. The molecule has 1 aromatic rings. The first-order valence-corrected chi connectivity index (χ1v) is 6.75. The first-order chi connectivity index (χ1) is 9.24. The maximum Gasteiger partial charge on any atom is 0.227 e. The molecule has 1 amide bonds. The molecule has 1 atom stereocenters. The fourth-order valence-corrected chi connectivity index (χ4v) is 2.56. The summed E-state index contributed by atoms with van der Waals surface area (Å²) in [5, 5.41) is 9.20. The highest BCUT2D eigenvalue weighted by Crippen LogP contribution is 2.21. The summed E-state index contributed by atoms with van der Waals surface area (Å²) in [5.41, 5.74) is 0.918. The third kappa shape index (κ3) is 3.47. The maximum absolute atomic E-state index is 12.3. The van der Waals surface area contributed by atoms with Gasteiger partial charge in [0.1, 0.15) is 5.75 Å². The Kier molecular flexibility index (Phi) is 4.80. The van der Waals surface area contributed by atoms with E-state index >= 15 is 0 Å². The molecule has 1 N–H and O–H groups in total. The smallest absolute Gasteiger partial charge is 0.227 e. The molecule has 1 aromatic carbocycles. The van der Waals surface area contributed by atoms with Crippen LogP contribution in [0.5, 0.6) is 5.75 Å². The molecule has 0 aliphatic carbocycles. The van der Waals surface area contributed by atoms with Gasteiger partial charge in [0, 0.05) is 25.3 Å². The lowest BCUT2D eigenvalue weighted by Crippen LogP contribution is -2.41. The number of ether oxygens (including phenoxy) is 1. The highest BCUT2D eigenvalue weighted by molar-refractivity contribution is 5.79. The van der Waals surface area contributed by atoms with Gasteiger partial charge in [-0.3, -0.25) is 4.79 Å². The number of aliphatic hydroxyl groups excluding tert-OH is 1. The molecule has 19 heavy (non-hydrogen) atoms. The third-order valence-electron chi connectivity index (χ3n) is 3.66. The molecular weight excluding hydrogens is 242 g/mol. The number of rotatable bonds is 4. The zero-order valence-corrected chi connectivity index (χ0v) is 11.3. The number of hydrogen-bond acceptors (Lipinski definition) is 3. The Morgan fingerprint density at radius 3 is 3.00 bits per heavy atom. The van der Waals surface area contributed by atoms with Crippen LogP contribution < -0.4 is 4.74 Å². The third-order valence-corrected chi connectivity index (χ3v) is 3.66. The topological polar surface area (TPSA) is 49.8 Å². The van der Waals surface area contributed by atoms with Crippen molar-refractivity contribution >= 4 is 5.91 Å². The van der Waals surface area contributed by atoms with Crippen LogP contribution in [0.3, 0.4) is 0 Å². The molecule has 0 spiro atoms. The number of carbonyl (C=O) groups is 1. The summed E-state index contributed by atoms with van der Waals surface area (Å²) in [6, 6.07) is 7.60. The summed E-state index contributed by atoms with van der Waals surface area (Å²) in [6.07, 6.45) is 2.35. The van der Waals surface area contributed by atoms with Gasteiger partial charge in [0.05, 0.1) is 13.5 Å². The number of likely N-dealkylation sites (tertiary alicyclic amines) is 1. The van der Waals surface area contributed by atoms with Gasteiger partial charge in [-0.25, -0.2) is 0 Å². The van der Waals surface area contributed by atoms with Crippen LogP contribution in [0.25, 0.3) is 0 Å². The number of methoxy groups -OCH3 is 1. The van der Waals surface area contributed by atoms with Crippen molar-refractivity contribution in [3.63, 3.8) is 0 Å². The van der Waals surface area contributed by atoms with E-state index in [1.165, 1.54) is 0 Å². The van der Waals surface area contributed by atoms with Crippen molar-refractivity contribution in [2.45, 2.75) is 19.3 Å². The Balaban J connectivity index is 2.00. The number of carbonyl (C=O) groups excluding carboxylic acids is 1. The summed E-state index contributed by atoms with van der Waals surface area (Å²) >= 11 is 0. The second-order valence-corrected chi connectivity index (χ2v) is 5.02. The van der Waals surface area contributed by atoms with Crippen LogP contribution in [0, 0.1) is 5.92 Å². The van der Waals surface area contributed by atoms with Crippen LogP contribution in [0.2, 0.25) is 0 Å². The van der Waals surface area contributed by atoms with E-state index in [0.29, 0.717) is 13.0 Å². The van der Waals surface area contributed by atoms with E-state index in [-0.39, 0.29) is 18.4 Å². The van der Waals surface area contributed by atoms with Crippen molar-refractivity contribution in [2.24, 2.45) is 5.92 Å². The molecule has 2 rings (SSSR count). The Bertz CT molecular complexity index is 433. The van der Waals surface area contributed by atoms with E-state index in [9.17, 15) is 9.90 Å². The van der Waals surface area contributed by atoms with E-state index in [2.05, 4.69) is 0 Å². The van der Waals surface area contributed by atoms with E-state index in [0.717, 1.165) is 30.7 Å². The average molecular weight is 263 g/mol. The molecule has 1 aliphatic heterocycles. The van der Waals surface area contributed by atoms with Crippen LogP contribution in [0.4, 0.5) is 0 Å². The largest absolute Gasteiger partial charge is 0.496 e. The molecule has 1 unspecified atom stereocenters. The molecule has 4 heteroatoms. The number of benzene rings is 1. The number of hydrogen-bond donors (Lipinski definition) is 1. The molecule has 0 bridgehead atoms. The van der Waals surface area contributed by atoms with Gasteiger partial charge in [0.25, 0.3) is 0 Å². The van der Waals surface area contributed by atoms with Gasteiger partial charge in [-0.05, 0) is 24.8 Å². The van der Waals surface area contributed by atoms with Crippen LogP contribution in [0.15, 0.2) is 24.3 Å². The normalized spacial score (nSPS) is 19.3. The van der Waals surface area contributed by atoms with Crippen LogP contribution in [-0.2, 0) is 11.2 Å². The second-order valence-electron chi connectivity index (χ2n) is 5.02. The standard InChI is InChI=1S/C15H21NO3/c1-19-14-7-3-2-6-13(14)9-15(18)16-8-4-5-12(10-16)11-17/h2-3,6-7,12,17H,4-5,8-11H2,1H3. The fraction of sp³-hybridized carbons (Fsp3) is 0.533. The van der Waals surface area contributed by atoms with E-state index in [4.69, 9.17) is 4.74 Å². The molecule has 4 nitrogen and oxygen atoms in total. The van der Waals surface area contributed by atoms with Gasteiger partial charge < -0.3 is 14.7 Å². The van der Waals surface area contributed by atoms with Crippen molar-refractivity contribution < 1.29 is 14.6 Å². The number of aliphatic hydroxyl groups is 1. The van der Waals surface area contributed by atoms with Crippen molar-refractivity contribution in [2.75, 3.05) is 26.8 Å². The molecule has 1 fully saturated rings. The molecule has 0 aromatic heterocycles. The molecule has 0 saturated carbocycles. The summed E-state index contributed by atoms with van der Waals surface area (Å²) in [6.45, 7) is 1.63. The van der Waals surface area contributed by atoms with Gasteiger partial charge in [-0.2, -0.15) is 0 Å². The van der Waals surface area contributed by atoms with E-state index < -0.39 is 0 Å². The fourth-order valence-electron chi connectivity index (χ4n) is 2.56. The summed E-state index contributed by atoms with van der Waals surface area (Å²) in [5.74, 6) is 1.10. The van der Waals surface area contributed by atoms with Crippen LogP contribution in [0.1, 0.15) is 18.4 Å². The van der Waals surface area contributed by atoms with Crippen molar-refractivity contribution in [3.8, 4) is 5.75 Å². The number of piperidine rings is 1. The molecule has 1 aliphatic rings. The predicted octanol–water partition coefficient (Wildman–Crippen LogP) is 1.47. The number of para-hydroxylation sites is 1. The second kappa shape index (κ2) is 6.57. The predicted molar refractivity (Wildman–Crippen MR) is 73.1 cm³/mol. The monoisotopic (exact) mass is 263 g/mol. The molecule has 1 saturated heterocycles. The highest BCUT2D eigenvalue weighted by atomic mass is 16.5. The van der Waals surface area contributed by atoms with Crippen molar-refractivity contribution in [1.29, 1.82) is 0 Å². The Hall–Kier alpha value is -1.55. The SMILES string of the molecule is COc1ccccc1CC(=O)N1CCCC(CO)C1. The van der Waals surface area contributed by atoms with Crippen LogP contribution >= 0.6 is 0 Å². The quantitative estimate of drug-likeness (QED) is 0.895. The zero-order valence-electron chi connectivity index (χ0n) is 11.3. The summed E-state index contributed by atoms with van der Waals surface area (Å²) < 4.78 is 5.27. The Morgan fingerprint density at radius 1 is 1.47 bits per heavy atom. The first-order valence-electron chi connectivity index (χ1n) is 6.75. The highest BCUT2D eigenvalue weighted by Gasteiger charge is 2.23. The molecule has 104 valence electrons. The van der Waals surface area contributed by atoms with Gasteiger partial charge in [0.15, 0.2) is 0 Å². The molecular formula is C15H21NO3. The maximum atomic E-state index is 12.3. The van der Waals surface area contributed by atoms with Gasteiger partial charge in [-0.1, -0.05) is 18.2 Å². The zero-order chi connectivity index (χ0) is 13.7. The van der Waals surface area contributed by atoms with Gasteiger partial charge >= 0.3 is 0 Å². The summed E-state index contributed by atoms with van der Waals surface area (Å²) in [4.78, 5) is 14.1. The van der Waals surface area contributed by atoms with E-state index in [1.807, 2.05) is 29.2 Å². The van der Waals surface area contributed by atoms with Crippen LogP contribution in [-0.4, -0.2) is 42.7 Å². The molecule has 1 heterocycles. The van der Waals surface area contributed by atoms with E-state index in [1.54, 1.807) is 7.11 Å². The van der Waals surface area contributed by atoms with Gasteiger partial charge in [-0.15, -0.1) is 0 Å². The molecule has 0 radical (unpaired) electrons. The van der Waals surface area contributed by atoms with Crippen molar-refractivity contribution in [3.05, 3.63) is 29.8 Å².